The zero-order chi connectivity index (χ0) is 15.6. The van der Waals surface area contributed by atoms with Gasteiger partial charge in [0.1, 0.15) is 5.75 Å². The Labute approximate surface area is 118 Å². The molecule has 1 fully saturated rings. The number of benzene rings is 1. The molecule has 1 atom stereocenters. The fraction of sp³-hybridized carbons (Fsp3) is 0.462. The van der Waals surface area contributed by atoms with Crippen molar-refractivity contribution in [2.24, 2.45) is 0 Å². The predicted molar refractivity (Wildman–Crippen MR) is 67.8 cm³/mol. The third-order valence-electron chi connectivity index (χ3n) is 3.10. The average Bonchev–Trinajstić information content (AvgIpc) is 2.73. The van der Waals surface area contributed by atoms with Crippen LogP contribution in [0.25, 0.3) is 0 Å². The summed E-state index contributed by atoms with van der Waals surface area (Å²) in [5.74, 6) is -3.63. The molecule has 0 aliphatic carbocycles. The van der Waals surface area contributed by atoms with Gasteiger partial charge in [0.05, 0.1) is 12.6 Å². The van der Waals surface area contributed by atoms with Crippen molar-refractivity contribution in [3.8, 4) is 5.75 Å². The van der Waals surface area contributed by atoms with Gasteiger partial charge in [0.2, 0.25) is 5.91 Å². The second kappa shape index (κ2) is 5.88. The summed E-state index contributed by atoms with van der Waals surface area (Å²) in [6.45, 7) is -1.97. The van der Waals surface area contributed by atoms with Gasteiger partial charge in [-0.05, 0) is 18.6 Å². The average molecular weight is 306 g/mol. The fourth-order valence-corrected chi connectivity index (χ4v) is 2.03. The summed E-state index contributed by atoms with van der Waals surface area (Å²) in [6, 6.07) is 3.19. The van der Waals surface area contributed by atoms with Gasteiger partial charge in [-0.25, -0.2) is 8.78 Å². The van der Waals surface area contributed by atoms with Crippen molar-refractivity contribution in [1.82, 2.24) is 5.32 Å². The second-order valence-electron chi connectivity index (χ2n) is 4.84. The first-order chi connectivity index (χ1) is 9.77. The van der Waals surface area contributed by atoms with Gasteiger partial charge in [0.15, 0.2) is 0 Å². The Morgan fingerprint density at radius 1 is 1.48 bits per heavy atom. The number of halogens is 4. The maximum absolute atomic E-state index is 13.0. The van der Waals surface area contributed by atoms with E-state index in [4.69, 9.17) is 0 Å². The zero-order valence-corrected chi connectivity index (χ0v) is 11.1. The van der Waals surface area contributed by atoms with Crippen LogP contribution in [0.15, 0.2) is 18.2 Å². The van der Waals surface area contributed by atoms with Crippen LogP contribution < -0.4 is 15.4 Å². The first kappa shape index (κ1) is 15.6. The highest BCUT2D eigenvalue weighted by Gasteiger charge is 2.42. The summed E-state index contributed by atoms with van der Waals surface area (Å²) in [4.78, 5) is 11.8. The van der Waals surface area contributed by atoms with Crippen molar-refractivity contribution >= 4 is 11.6 Å². The maximum atomic E-state index is 13.0. The van der Waals surface area contributed by atoms with Crippen molar-refractivity contribution in [2.75, 3.05) is 11.9 Å². The molecule has 0 aromatic heterocycles. The molecule has 1 amide bonds. The largest absolute Gasteiger partial charge is 0.434 e. The molecule has 8 heteroatoms. The van der Waals surface area contributed by atoms with Crippen molar-refractivity contribution < 1.29 is 27.1 Å². The van der Waals surface area contributed by atoms with Crippen molar-refractivity contribution in [1.29, 1.82) is 0 Å². The quantitative estimate of drug-likeness (QED) is 0.841. The van der Waals surface area contributed by atoms with Crippen LogP contribution in [0.1, 0.15) is 12.0 Å². The Balaban J connectivity index is 2.04. The molecule has 1 unspecified atom stereocenters. The smallest absolute Gasteiger partial charge is 0.387 e. The van der Waals surface area contributed by atoms with Gasteiger partial charge in [-0.15, -0.1) is 0 Å². The lowest BCUT2D eigenvalue weighted by atomic mass is 10.1. The van der Waals surface area contributed by atoms with Gasteiger partial charge in [0.25, 0.3) is 5.92 Å². The van der Waals surface area contributed by atoms with E-state index >= 15 is 0 Å². The Hall–Kier alpha value is -1.83. The molecule has 4 nitrogen and oxygen atoms in total. The Morgan fingerprint density at radius 2 is 2.19 bits per heavy atom. The predicted octanol–water partition coefficient (Wildman–Crippen LogP) is 2.53. The Morgan fingerprint density at radius 3 is 2.76 bits per heavy atom. The van der Waals surface area contributed by atoms with Crippen LogP contribution in [0.5, 0.6) is 5.75 Å². The SMILES string of the molecule is Cc1ccc(NC(=O)C2CC(F)(F)CN2)cc1OC(F)F. The number of alkyl halides is 4. The standard InChI is InChI=1S/C13H14F4N2O2/c1-7-2-3-8(4-10(7)21-12(14)15)19-11(20)9-5-13(16,17)6-18-9/h2-4,9,12,18H,5-6H2,1H3,(H,19,20). The molecule has 1 aliphatic heterocycles. The third-order valence-corrected chi connectivity index (χ3v) is 3.10. The highest BCUT2D eigenvalue weighted by Crippen LogP contribution is 2.27. The van der Waals surface area contributed by atoms with E-state index in [1.54, 1.807) is 6.92 Å². The molecule has 116 valence electrons. The van der Waals surface area contributed by atoms with E-state index in [0.29, 0.717) is 5.56 Å². The monoisotopic (exact) mass is 306 g/mol. The van der Waals surface area contributed by atoms with Crippen molar-refractivity contribution in [2.45, 2.75) is 31.9 Å². The van der Waals surface area contributed by atoms with E-state index in [1.807, 2.05) is 0 Å². The van der Waals surface area contributed by atoms with E-state index < -0.39 is 37.4 Å². The highest BCUT2D eigenvalue weighted by molar-refractivity contribution is 5.95. The zero-order valence-electron chi connectivity index (χ0n) is 11.1. The van der Waals surface area contributed by atoms with E-state index in [9.17, 15) is 22.4 Å². The number of hydrogen-bond donors (Lipinski definition) is 2. The van der Waals surface area contributed by atoms with Gasteiger partial charge < -0.3 is 10.1 Å². The maximum Gasteiger partial charge on any atom is 0.387 e. The van der Waals surface area contributed by atoms with Crippen LogP contribution in [0.3, 0.4) is 0 Å². The molecule has 21 heavy (non-hydrogen) atoms. The van der Waals surface area contributed by atoms with E-state index in [-0.39, 0.29) is 11.4 Å². The molecule has 0 saturated carbocycles. The number of ether oxygens (including phenoxy) is 1. The summed E-state index contributed by atoms with van der Waals surface area (Å²) in [7, 11) is 0. The summed E-state index contributed by atoms with van der Waals surface area (Å²) in [5.41, 5.74) is 0.678. The van der Waals surface area contributed by atoms with Gasteiger partial charge >= 0.3 is 6.61 Å². The van der Waals surface area contributed by atoms with Gasteiger partial charge in [-0.3, -0.25) is 10.1 Å². The molecule has 1 saturated heterocycles. The topological polar surface area (TPSA) is 50.4 Å². The lowest BCUT2D eigenvalue weighted by Gasteiger charge is -2.13. The van der Waals surface area contributed by atoms with Gasteiger partial charge in [-0.2, -0.15) is 8.78 Å². The van der Waals surface area contributed by atoms with Crippen molar-refractivity contribution in [3.05, 3.63) is 23.8 Å². The van der Waals surface area contributed by atoms with Crippen LogP contribution in [0.2, 0.25) is 0 Å². The summed E-state index contributed by atoms with van der Waals surface area (Å²) < 4.78 is 54.8. The Bertz CT molecular complexity index is 537. The molecular weight excluding hydrogens is 292 g/mol. The highest BCUT2D eigenvalue weighted by atomic mass is 19.3. The number of hydrogen-bond acceptors (Lipinski definition) is 3. The van der Waals surface area contributed by atoms with Crippen LogP contribution >= 0.6 is 0 Å². The Kier molecular flexibility index (Phi) is 4.36. The normalized spacial score (nSPS) is 20.6. The molecule has 2 N–H and O–H groups in total. The molecule has 0 spiro atoms. The lowest BCUT2D eigenvalue weighted by molar-refractivity contribution is -0.118. The minimum Gasteiger partial charge on any atom is -0.434 e. The minimum atomic E-state index is -2.98. The van der Waals surface area contributed by atoms with E-state index in [0.717, 1.165) is 0 Å². The minimum absolute atomic E-state index is 0.0764. The summed E-state index contributed by atoms with van der Waals surface area (Å²) >= 11 is 0. The van der Waals surface area contributed by atoms with Gasteiger partial charge in [-0.1, -0.05) is 6.07 Å². The van der Waals surface area contributed by atoms with Crippen LogP contribution in [0, 0.1) is 6.92 Å². The number of nitrogens with one attached hydrogen (secondary N) is 2. The van der Waals surface area contributed by atoms with Crippen molar-refractivity contribution in [3.63, 3.8) is 0 Å². The van der Waals surface area contributed by atoms with Crippen LogP contribution in [-0.4, -0.2) is 31.0 Å². The molecule has 2 rings (SSSR count). The number of aryl methyl sites for hydroxylation is 1. The first-order valence-electron chi connectivity index (χ1n) is 6.24. The number of carbonyl (C=O) groups excluding carboxylic acids is 1. The molecule has 1 heterocycles. The van der Waals surface area contributed by atoms with Crippen LogP contribution in [-0.2, 0) is 4.79 Å². The molecule has 0 bridgehead atoms. The summed E-state index contributed by atoms with van der Waals surface area (Å²) in [5, 5.41) is 4.81. The van der Waals surface area contributed by atoms with E-state index in [1.165, 1.54) is 18.2 Å². The van der Waals surface area contributed by atoms with Gasteiger partial charge in [0, 0.05) is 18.2 Å². The molecule has 1 aromatic carbocycles. The number of anilines is 1. The lowest BCUT2D eigenvalue weighted by Crippen LogP contribution is -2.35. The second-order valence-corrected chi connectivity index (χ2v) is 4.84. The number of rotatable bonds is 4. The summed E-state index contributed by atoms with van der Waals surface area (Å²) in [6.07, 6.45) is -0.592. The molecule has 1 aromatic rings. The van der Waals surface area contributed by atoms with Crippen LogP contribution in [0.4, 0.5) is 23.2 Å². The molecule has 0 radical (unpaired) electrons. The fourth-order valence-electron chi connectivity index (χ4n) is 2.03. The first-order valence-corrected chi connectivity index (χ1v) is 6.24. The molecule has 1 aliphatic rings. The van der Waals surface area contributed by atoms with E-state index in [2.05, 4.69) is 15.4 Å². The molecular formula is C13H14F4N2O2. The number of carbonyl (C=O) groups is 1. The number of amides is 1. The third kappa shape index (κ3) is 4.07.